The Labute approximate surface area is 120 Å². The topological polar surface area (TPSA) is 55.6 Å². The summed E-state index contributed by atoms with van der Waals surface area (Å²) in [6, 6.07) is 9.83. The minimum Gasteiger partial charge on any atom is -0.383 e. The predicted molar refractivity (Wildman–Crippen MR) is 79.2 cm³/mol. The highest BCUT2D eigenvalue weighted by atomic mass is 16.5. The van der Waals surface area contributed by atoms with Gasteiger partial charge in [0.05, 0.1) is 12.6 Å². The van der Waals surface area contributed by atoms with E-state index in [1.807, 2.05) is 23.1 Å². The predicted octanol–water partition coefficient (Wildman–Crippen LogP) is 2.10. The van der Waals surface area contributed by atoms with Crippen LogP contribution in [-0.2, 0) is 9.53 Å². The van der Waals surface area contributed by atoms with Gasteiger partial charge in [-0.2, -0.15) is 0 Å². The van der Waals surface area contributed by atoms with Crippen molar-refractivity contribution in [3.63, 3.8) is 0 Å². The van der Waals surface area contributed by atoms with Gasteiger partial charge in [0, 0.05) is 13.7 Å². The molecule has 0 saturated carbocycles. The number of likely N-dealkylation sites (tertiary alicyclic amines) is 1. The summed E-state index contributed by atoms with van der Waals surface area (Å²) < 4.78 is 5.02. The number of methoxy groups -OCH3 is 1. The smallest absolute Gasteiger partial charge is 0.242 e. The molecule has 0 radical (unpaired) electrons. The van der Waals surface area contributed by atoms with E-state index < -0.39 is 6.04 Å². The fourth-order valence-electron chi connectivity index (χ4n) is 2.86. The van der Waals surface area contributed by atoms with Gasteiger partial charge >= 0.3 is 0 Å². The molecular weight excluding hydrogens is 252 g/mol. The molecule has 20 heavy (non-hydrogen) atoms. The minimum atomic E-state index is -0.565. The molecule has 0 aromatic heterocycles. The first kappa shape index (κ1) is 15.0. The van der Waals surface area contributed by atoms with E-state index in [-0.39, 0.29) is 18.6 Å². The van der Waals surface area contributed by atoms with Gasteiger partial charge in [0.2, 0.25) is 5.91 Å². The van der Waals surface area contributed by atoms with Crippen LogP contribution in [0.1, 0.15) is 37.3 Å². The van der Waals surface area contributed by atoms with E-state index in [0.717, 1.165) is 25.8 Å². The summed E-state index contributed by atoms with van der Waals surface area (Å²) in [6.07, 6.45) is 4.39. The Morgan fingerprint density at radius 3 is 2.80 bits per heavy atom. The molecule has 1 fully saturated rings. The Hall–Kier alpha value is -1.39. The molecule has 1 heterocycles. The van der Waals surface area contributed by atoms with Crippen LogP contribution in [0.25, 0.3) is 0 Å². The molecule has 0 spiro atoms. The monoisotopic (exact) mass is 276 g/mol. The zero-order valence-corrected chi connectivity index (χ0v) is 12.1. The van der Waals surface area contributed by atoms with E-state index in [2.05, 4.69) is 12.1 Å². The van der Waals surface area contributed by atoms with Crippen LogP contribution in [0.5, 0.6) is 0 Å². The van der Waals surface area contributed by atoms with E-state index >= 15 is 0 Å². The van der Waals surface area contributed by atoms with Crippen LogP contribution in [0.2, 0.25) is 0 Å². The van der Waals surface area contributed by atoms with E-state index in [4.69, 9.17) is 10.5 Å². The second-order valence-corrected chi connectivity index (χ2v) is 5.37. The van der Waals surface area contributed by atoms with Crippen molar-refractivity contribution in [3.8, 4) is 0 Å². The molecule has 2 rings (SSSR count). The zero-order valence-electron chi connectivity index (χ0n) is 12.1. The first-order chi connectivity index (χ1) is 9.74. The van der Waals surface area contributed by atoms with Crippen molar-refractivity contribution in [3.05, 3.63) is 35.9 Å². The fourth-order valence-corrected chi connectivity index (χ4v) is 2.86. The van der Waals surface area contributed by atoms with Crippen molar-refractivity contribution < 1.29 is 9.53 Å². The summed E-state index contributed by atoms with van der Waals surface area (Å²) in [5.74, 6) is 0.00241. The molecule has 2 atom stereocenters. The van der Waals surface area contributed by atoms with Crippen LogP contribution >= 0.6 is 0 Å². The number of amides is 1. The summed E-state index contributed by atoms with van der Waals surface area (Å²) in [7, 11) is 1.57. The molecule has 4 nitrogen and oxygen atoms in total. The third-order valence-corrected chi connectivity index (χ3v) is 3.88. The van der Waals surface area contributed by atoms with Crippen LogP contribution in [0.15, 0.2) is 30.3 Å². The average Bonchev–Trinajstić information content (AvgIpc) is 2.73. The number of rotatable bonds is 4. The summed E-state index contributed by atoms with van der Waals surface area (Å²) >= 11 is 0. The third kappa shape index (κ3) is 3.58. The summed E-state index contributed by atoms with van der Waals surface area (Å²) in [5.41, 5.74) is 7.13. The first-order valence-corrected chi connectivity index (χ1v) is 7.34. The van der Waals surface area contributed by atoms with Gasteiger partial charge < -0.3 is 15.4 Å². The number of nitrogens with two attached hydrogens (primary N) is 1. The van der Waals surface area contributed by atoms with E-state index in [1.165, 1.54) is 12.0 Å². The molecule has 1 aliphatic rings. The maximum Gasteiger partial charge on any atom is 0.242 e. The minimum absolute atomic E-state index is 0.00241. The molecule has 0 bridgehead atoms. The van der Waals surface area contributed by atoms with Gasteiger partial charge in [-0.1, -0.05) is 43.2 Å². The number of hydrogen-bond donors (Lipinski definition) is 1. The fraction of sp³-hybridized carbons (Fsp3) is 0.562. The van der Waals surface area contributed by atoms with Crippen molar-refractivity contribution in [2.75, 3.05) is 20.3 Å². The highest BCUT2D eigenvalue weighted by Crippen LogP contribution is 2.30. The summed E-state index contributed by atoms with van der Waals surface area (Å²) in [4.78, 5) is 14.5. The Bertz CT molecular complexity index is 422. The van der Waals surface area contributed by atoms with Crippen molar-refractivity contribution in [2.45, 2.75) is 37.8 Å². The van der Waals surface area contributed by atoms with Gasteiger partial charge in [-0.15, -0.1) is 0 Å². The van der Waals surface area contributed by atoms with Crippen molar-refractivity contribution in [1.82, 2.24) is 4.90 Å². The van der Waals surface area contributed by atoms with Crippen LogP contribution < -0.4 is 5.73 Å². The average molecular weight is 276 g/mol. The quantitative estimate of drug-likeness (QED) is 0.916. The van der Waals surface area contributed by atoms with E-state index in [9.17, 15) is 4.79 Å². The maximum absolute atomic E-state index is 12.5. The lowest BCUT2D eigenvalue weighted by Gasteiger charge is -2.32. The molecule has 1 amide bonds. The number of carbonyl (C=O) groups excluding carboxylic acids is 1. The van der Waals surface area contributed by atoms with Gasteiger partial charge in [0.15, 0.2) is 0 Å². The number of ether oxygens (including phenoxy) is 1. The van der Waals surface area contributed by atoms with Gasteiger partial charge in [0.1, 0.15) is 6.04 Å². The highest BCUT2D eigenvalue weighted by Gasteiger charge is 2.29. The maximum atomic E-state index is 12.5. The van der Waals surface area contributed by atoms with Gasteiger partial charge in [-0.25, -0.2) is 0 Å². The largest absolute Gasteiger partial charge is 0.383 e. The second kappa shape index (κ2) is 7.41. The van der Waals surface area contributed by atoms with Crippen LogP contribution in [0.4, 0.5) is 0 Å². The Kier molecular flexibility index (Phi) is 5.56. The van der Waals surface area contributed by atoms with Crippen LogP contribution in [-0.4, -0.2) is 37.1 Å². The molecule has 1 aliphatic heterocycles. The first-order valence-electron chi connectivity index (χ1n) is 7.34. The van der Waals surface area contributed by atoms with Crippen molar-refractivity contribution in [2.24, 2.45) is 5.73 Å². The number of carbonyl (C=O) groups is 1. The molecule has 2 N–H and O–H groups in total. The Balaban J connectivity index is 2.19. The van der Waals surface area contributed by atoms with Gasteiger partial charge in [-0.3, -0.25) is 4.79 Å². The van der Waals surface area contributed by atoms with E-state index in [1.54, 1.807) is 7.11 Å². The second-order valence-electron chi connectivity index (χ2n) is 5.37. The molecule has 4 heteroatoms. The lowest BCUT2D eigenvalue weighted by Crippen LogP contribution is -2.47. The Morgan fingerprint density at radius 2 is 2.10 bits per heavy atom. The van der Waals surface area contributed by atoms with Crippen molar-refractivity contribution in [1.29, 1.82) is 0 Å². The number of benzene rings is 1. The normalized spacial score (nSPS) is 21.3. The van der Waals surface area contributed by atoms with Crippen LogP contribution in [0, 0.1) is 0 Å². The van der Waals surface area contributed by atoms with Gasteiger partial charge in [-0.05, 0) is 18.4 Å². The standard InChI is InChI=1S/C16H24N2O2/c1-20-12-14(17)16(19)18-11-7-3-6-10-15(18)13-8-4-2-5-9-13/h2,4-5,8-9,14-15H,3,6-7,10-12,17H2,1H3. The SMILES string of the molecule is COCC(N)C(=O)N1CCCCCC1c1ccccc1. The molecule has 1 saturated heterocycles. The van der Waals surface area contributed by atoms with Crippen molar-refractivity contribution >= 4 is 5.91 Å². The Morgan fingerprint density at radius 1 is 1.35 bits per heavy atom. The lowest BCUT2D eigenvalue weighted by atomic mass is 10.0. The summed E-state index contributed by atoms with van der Waals surface area (Å²) in [5, 5.41) is 0. The molecule has 1 aromatic carbocycles. The van der Waals surface area contributed by atoms with E-state index in [0.29, 0.717) is 0 Å². The lowest BCUT2D eigenvalue weighted by molar-refractivity contribution is -0.136. The molecule has 2 unspecified atom stereocenters. The molecular formula is C16H24N2O2. The zero-order chi connectivity index (χ0) is 14.4. The molecule has 110 valence electrons. The molecule has 0 aliphatic carbocycles. The highest BCUT2D eigenvalue weighted by molar-refractivity contribution is 5.82. The third-order valence-electron chi connectivity index (χ3n) is 3.88. The number of nitrogens with zero attached hydrogens (tertiary/aromatic N) is 1. The van der Waals surface area contributed by atoms with Gasteiger partial charge in [0.25, 0.3) is 0 Å². The molecule has 1 aromatic rings. The summed E-state index contributed by atoms with van der Waals surface area (Å²) in [6.45, 7) is 1.06. The number of hydrogen-bond acceptors (Lipinski definition) is 3. The van der Waals surface area contributed by atoms with Crippen LogP contribution in [0.3, 0.4) is 0 Å².